The summed E-state index contributed by atoms with van der Waals surface area (Å²) in [6, 6.07) is 6.15. The zero-order valence-electron chi connectivity index (χ0n) is 13.0. The van der Waals surface area contributed by atoms with Crippen molar-refractivity contribution in [1.82, 2.24) is 19.5 Å². The highest BCUT2D eigenvalue weighted by Gasteiger charge is 2.16. The van der Waals surface area contributed by atoms with Crippen molar-refractivity contribution in [2.24, 2.45) is 0 Å². The highest BCUT2D eigenvalue weighted by Crippen LogP contribution is 2.23. The number of anilines is 1. The van der Waals surface area contributed by atoms with E-state index in [0.717, 1.165) is 5.56 Å². The zero-order chi connectivity index (χ0) is 17.2. The van der Waals surface area contributed by atoms with Crippen molar-refractivity contribution in [3.8, 4) is 11.6 Å². The summed E-state index contributed by atoms with van der Waals surface area (Å²) < 4.78 is 34.3. The Hall–Kier alpha value is -2.94. The van der Waals surface area contributed by atoms with Crippen molar-refractivity contribution in [3.05, 3.63) is 54.9 Å². The fourth-order valence-electron chi connectivity index (χ4n) is 2.15. The number of sulfonamides is 1. The first-order chi connectivity index (χ1) is 11.5. The van der Waals surface area contributed by atoms with Crippen LogP contribution in [0.2, 0.25) is 0 Å². The minimum Gasteiger partial charge on any atom is -0.496 e. The minimum absolute atomic E-state index is 0.128. The maximum absolute atomic E-state index is 12.5. The number of imidazole rings is 1. The van der Waals surface area contributed by atoms with Gasteiger partial charge < -0.3 is 4.74 Å². The van der Waals surface area contributed by atoms with E-state index in [1.807, 2.05) is 0 Å². The average molecular weight is 345 g/mol. The van der Waals surface area contributed by atoms with Crippen molar-refractivity contribution in [2.45, 2.75) is 11.8 Å². The average Bonchev–Trinajstić information content (AvgIpc) is 3.09. The third-order valence-corrected chi connectivity index (χ3v) is 4.69. The summed E-state index contributed by atoms with van der Waals surface area (Å²) in [7, 11) is -2.23. The minimum atomic E-state index is -3.77. The number of methoxy groups -OCH3 is 1. The Kier molecular flexibility index (Phi) is 4.17. The van der Waals surface area contributed by atoms with E-state index < -0.39 is 10.0 Å². The quantitative estimate of drug-likeness (QED) is 0.757. The Balaban J connectivity index is 1.90. The molecule has 1 aromatic carbocycles. The van der Waals surface area contributed by atoms with Crippen molar-refractivity contribution in [1.29, 1.82) is 0 Å². The molecule has 0 atom stereocenters. The van der Waals surface area contributed by atoms with Crippen LogP contribution in [0, 0.1) is 6.92 Å². The highest BCUT2D eigenvalue weighted by atomic mass is 32.2. The van der Waals surface area contributed by atoms with Gasteiger partial charge in [0, 0.05) is 18.5 Å². The van der Waals surface area contributed by atoms with E-state index in [-0.39, 0.29) is 10.7 Å². The molecular weight excluding hydrogens is 330 g/mol. The van der Waals surface area contributed by atoms with Gasteiger partial charge in [-0.1, -0.05) is 0 Å². The second-order valence-corrected chi connectivity index (χ2v) is 6.65. The Labute approximate surface area is 139 Å². The van der Waals surface area contributed by atoms with E-state index in [0.29, 0.717) is 11.6 Å². The molecule has 0 aliphatic rings. The predicted molar refractivity (Wildman–Crippen MR) is 87.7 cm³/mol. The monoisotopic (exact) mass is 345 g/mol. The first-order valence-corrected chi connectivity index (χ1v) is 8.46. The summed E-state index contributed by atoms with van der Waals surface area (Å²) in [6.07, 6.45) is 6.15. The van der Waals surface area contributed by atoms with E-state index in [1.54, 1.807) is 42.3 Å². The van der Waals surface area contributed by atoms with E-state index in [4.69, 9.17) is 4.74 Å². The molecule has 1 N–H and O–H groups in total. The summed E-state index contributed by atoms with van der Waals surface area (Å²) in [4.78, 5) is 12.1. The van der Waals surface area contributed by atoms with Gasteiger partial charge >= 0.3 is 0 Å². The molecule has 0 saturated heterocycles. The van der Waals surface area contributed by atoms with Crippen LogP contribution in [0.3, 0.4) is 0 Å². The first kappa shape index (κ1) is 15.9. The number of rotatable bonds is 5. The molecule has 2 aromatic heterocycles. The third-order valence-electron chi connectivity index (χ3n) is 3.34. The van der Waals surface area contributed by atoms with Crippen LogP contribution < -0.4 is 9.46 Å². The summed E-state index contributed by atoms with van der Waals surface area (Å²) in [6.45, 7) is 1.78. The number of nitrogens with zero attached hydrogens (tertiary/aromatic N) is 4. The number of hydrogen-bond acceptors (Lipinski definition) is 6. The van der Waals surface area contributed by atoms with Gasteiger partial charge in [-0.25, -0.2) is 23.4 Å². The van der Waals surface area contributed by atoms with E-state index in [9.17, 15) is 8.42 Å². The first-order valence-electron chi connectivity index (χ1n) is 6.97. The van der Waals surface area contributed by atoms with Gasteiger partial charge in [-0.3, -0.25) is 9.29 Å². The summed E-state index contributed by atoms with van der Waals surface area (Å²) >= 11 is 0. The van der Waals surface area contributed by atoms with Crippen molar-refractivity contribution in [3.63, 3.8) is 0 Å². The standard InChI is InChI=1S/C15H15N5O3S/c1-11-7-12(3-4-13(11)23-2)24(21,22)19-14-8-15(18-9-17-14)20-6-5-16-10-20/h3-10H,1-2H3,(H,17,18,19). The Bertz CT molecular complexity index is 955. The summed E-state index contributed by atoms with van der Waals surface area (Å²) in [5.41, 5.74) is 0.724. The topological polar surface area (TPSA) is 99.0 Å². The lowest BCUT2D eigenvalue weighted by Crippen LogP contribution is -2.14. The molecule has 2 heterocycles. The molecule has 0 fully saturated rings. The number of nitrogens with one attached hydrogen (secondary N) is 1. The van der Waals surface area contributed by atoms with Gasteiger partial charge in [0.05, 0.1) is 12.0 Å². The Morgan fingerprint density at radius 3 is 2.71 bits per heavy atom. The lowest BCUT2D eigenvalue weighted by atomic mass is 10.2. The van der Waals surface area contributed by atoms with Gasteiger partial charge in [-0.05, 0) is 30.7 Å². The SMILES string of the molecule is COc1ccc(S(=O)(=O)Nc2cc(-n3ccnc3)ncn2)cc1C. The number of hydrogen-bond donors (Lipinski definition) is 1. The molecule has 124 valence electrons. The number of aromatic nitrogens is 4. The van der Waals surface area contributed by atoms with Crippen LogP contribution in [-0.2, 0) is 10.0 Å². The van der Waals surface area contributed by atoms with E-state index in [2.05, 4.69) is 19.7 Å². The maximum atomic E-state index is 12.5. The second-order valence-electron chi connectivity index (χ2n) is 4.97. The molecule has 0 amide bonds. The fraction of sp³-hybridized carbons (Fsp3) is 0.133. The molecule has 0 aliphatic heterocycles. The molecule has 0 radical (unpaired) electrons. The molecule has 3 aromatic rings. The molecular formula is C15H15N5O3S. The molecule has 24 heavy (non-hydrogen) atoms. The van der Waals surface area contributed by atoms with Crippen molar-refractivity contribution < 1.29 is 13.2 Å². The van der Waals surface area contributed by atoms with E-state index >= 15 is 0 Å². The summed E-state index contributed by atoms with van der Waals surface area (Å²) in [5.74, 6) is 1.30. The molecule has 0 unspecified atom stereocenters. The van der Waals surface area contributed by atoms with Crippen LogP contribution in [0.4, 0.5) is 5.82 Å². The maximum Gasteiger partial charge on any atom is 0.263 e. The smallest absolute Gasteiger partial charge is 0.263 e. The van der Waals surface area contributed by atoms with Gasteiger partial charge in [0.25, 0.3) is 10.0 Å². The second kappa shape index (κ2) is 6.28. The molecule has 0 spiro atoms. The van der Waals surface area contributed by atoms with Crippen molar-refractivity contribution >= 4 is 15.8 Å². The number of ether oxygens (including phenoxy) is 1. The lowest BCUT2D eigenvalue weighted by molar-refractivity contribution is 0.411. The van der Waals surface area contributed by atoms with Crippen LogP contribution in [-0.4, -0.2) is 35.0 Å². The molecule has 3 rings (SSSR count). The molecule has 0 saturated carbocycles. The van der Waals surface area contributed by atoms with Gasteiger partial charge in [-0.15, -0.1) is 0 Å². The zero-order valence-corrected chi connectivity index (χ0v) is 13.9. The summed E-state index contributed by atoms with van der Waals surface area (Å²) in [5, 5.41) is 0. The van der Waals surface area contributed by atoms with E-state index in [1.165, 1.54) is 25.6 Å². The normalized spacial score (nSPS) is 11.2. The fourth-order valence-corrected chi connectivity index (χ4v) is 3.24. The van der Waals surface area contributed by atoms with Crippen LogP contribution in [0.1, 0.15) is 5.56 Å². The lowest BCUT2D eigenvalue weighted by Gasteiger charge is -2.10. The largest absolute Gasteiger partial charge is 0.496 e. The van der Waals surface area contributed by atoms with Crippen LogP contribution >= 0.6 is 0 Å². The third kappa shape index (κ3) is 3.20. The van der Waals surface area contributed by atoms with Crippen LogP contribution in [0.25, 0.3) is 5.82 Å². The molecule has 8 nitrogen and oxygen atoms in total. The van der Waals surface area contributed by atoms with Gasteiger partial charge in [0.1, 0.15) is 30.0 Å². The highest BCUT2D eigenvalue weighted by molar-refractivity contribution is 7.92. The Morgan fingerprint density at radius 2 is 2.04 bits per heavy atom. The van der Waals surface area contributed by atoms with Gasteiger partial charge in [0.15, 0.2) is 0 Å². The predicted octanol–water partition coefficient (Wildman–Crippen LogP) is 1.78. The molecule has 0 aliphatic carbocycles. The molecule has 9 heteroatoms. The Morgan fingerprint density at radius 1 is 1.21 bits per heavy atom. The van der Waals surface area contributed by atoms with Gasteiger partial charge in [-0.2, -0.15) is 0 Å². The van der Waals surface area contributed by atoms with Crippen molar-refractivity contribution in [2.75, 3.05) is 11.8 Å². The van der Waals surface area contributed by atoms with Gasteiger partial charge in [0.2, 0.25) is 0 Å². The molecule has 0 bridgehead atoms. The number of aryl methyl sites for hydroxylation is 1. The van der Waals surface area contributed by atoms with Crippen LogP contribution in [0.5, 0.6) is 5.75 Å². The van der Waals surface area contributed by atoms with Crippen LogP contribution in [0.15, 0.2) is 54.2 Å². The number of benzene rings is 1.